The molecule has 1 heterocycles. The maximum atomic E-state index is 5.09. The van der Waals surface area contributed by atoms with E-state index < -0.39 is 0 Å². The Bertz CT molecular complexity index is 604. The molecule has 1 aromatic heterocycles. The third-order valence-electron chi connectivity index (χ3n) is 2.69. The van der Waals surface area contributed by atoms with Gasteiger partial charge in [0.1, 0.15) is 18.2 Å². The zero-order valence-corrected chi connectivity index (χ0v) is 13.3. The molecule has 5 nitrogen and oxygen atoms in total. The summed E-state index contributed by atoms with van der Waals surface area (Å²) in [7, 11) is 3.45. The number of aryl methyl sites for hydroxylation is 1. The van der Waals surface area contributed by atoms with Gasteiger partial charge in [0.25, 0.3) is 0 Å². The summed E-state index contributed by atoms with van der Waals surface area (Å²) in [5.74, 6) is 2.10. The molecule has 0 aliphatic heterocycles. The van der Waals surface area contributed by atoms with Crippen LogP contribution >= 0.6 is 15.9 Å². The molecule has 6 heteroatoms. The summed E-state index contributed by atoms with van der Waals surface area (Å²) >= 11 is 3.53. The quantitative estimate of drug-likeness (QED) is 0.875. The summed E-state index contributed by atoms with van der Waals surface area (Å²) in [4.78, 5) is 8.75. The van der Waals surface area contributed by atoms with Crippen molar-refractivity contribution in [3.63, 3.8) is 0 Å². The van der Waals surface area contributed by atoms with Crippen molar-refractivity contribution in [2.24, 2.45) is 0 Å². The first-order chi connectivity index (χ1) is 9.62. The van der Waals surface area contributed by atoms with E-state index in [9.17, 15) is 0 Å². The van der Waals surface area contributed by atoms with Crippen molar-refractivity contribution < 1.29 is 4.74 Å². The van der Waals surface area contributed by atoms with Gasteiger partial charge in [-0.2, -0.15) is 0 Å². The van der Waals surface area contributed by atoms with Crippen LogP contribution in [-0.4, -0.2) is 24.1 Å². The number of nitrogens with zero attached hydrogens (tertiary/aromatic N) is 2. The molecular weight excluding hydrogens is 320 g/mol. The fourth-order valence-corrected chi connectivity index (χ4v) is 2.10. The van der Waals surface area contributed by atoms with Crippen molar-refractivity contribution in [1.29, 1.82) is 0 Å². The van der Waals surface area contributed by atoms with Crippen molar-refractivity contribution in [1.82, 2.24) is 9.97 Å². The summed E-state index contributed by atoms with van der Waals surface area (Å²) in [6, 6.07) is 7.97. The minimum atomic E-state index is 0.374. The highest BCUT2D eigenvalue weighted by Gasteiger charge is 2.06. The maximum absolute atomic E-state index is 5.09. The Morgan fingerprint density at radius 2 is 1.95 bits per heavy atom. The first-order valence-corrected chi connectivity index (χ1v) is 6.99. The highest BCUT2D eigenvalue weighted by Crippen LogP contribution is 2.26. The predicted octanol–water partition coefficient (Wildman–Crippen LogP) is 3.48. The van der Waals surface area contributed by atoms with Gasteiger partial charge in [0, 0.05) is 24.7 Å². The molecule has 0 fully saturated rings. The average molecular weight is 337 g/mol. The smallest absolute Gasteiger partial charge is 0.158 e. The van der Waals surface area contributed by atoms with Crippen molar-refractivity contribution in [2.45, 2.75) is 13.5 Å². The van der Waals surface area contributed by atoms with Crippen molar-refractivity contribution in [3.05, 3.63) is 40.1 Å². The lowest BCUT2D eigenvalue weighted by molar-refractivity contribution is 0.178. The third-order valence-corrected chi connectivity index (χ3v) is 3.38. The summed E-state index contributed by atoms with van der Waals surface area (Å²) < 4.78 is 6.07. The molecule has 0 aliphatic rings. The van der Waals surface area contributed by atoms with Crippen LogP contribution in [0.1, 0.15) is 11.4 Å². The van der Waals surface area contributed by atoms with Gasteiger partial charge in [-0.3, -0.25) is 0 Å². The van der Waals surface area contributed by atoms with Crippen LogP contribution in [0.5, 0.6) is 0 Å². The molecule has 2 N–H and O–H groups in total. The number of rotatable bonds is 5. The number of hydrogen-bond donors (Lipinski definition) is 2. The molecule has 2 aromatic rings. The highest BCUT2D eigenvalue weighted by atomic mass is 79.9. The molecule has 0 bridgehead atoms. The van der Waals surface area contributed by atoms with Gasteiger partial charge in [-0.05, 0) is 40.5 Å². The third kappa shape index (κ3) is 3.68. The second kappa shape index (κ2) is 6.67. The standard InChI is InChI=1S/C14H17BrN4O/c1-9-4-5-10(15)11(6-9)17-13-7-12(16-2)18-14(19-13)8-20-3/h4-7H,8H2,1-3H3,(H2,16,17,18,19). The van der Waals surface area contributed by atoms with Crippen LogP contribution in [0.15, 0.2) is 28.7 Å². The normalized spacial score (nSPS) is 10.4. The lowest BCUT2D eigenvalue weighted by Crippen LogP contribution is -2.05. The number of methoxy groups -OCH3 is 1. The Morgan fingerprint density at radius 3 is 2.65 bits per heavy atom. The van der Waals surface area contributed by atoms with E-state index in [0.29, 0.717) is 12.4 Å². The first-order valence-electron chi connectivity index (χ1n) is 6.20. The fraction of sp³-hybridized carbons (Fsp3) is 0.286. The molecule has 0 spiro atoms. The topological polar surface area (TPSA) is 59.1 Å². The van der Waals surface area contributed by atoms with Gasteiger partial charge >= 0.3 is 0 Å². The van der Waals surface area contributed by atoms with Crippen LogP contribution in [0.3, 0.4) is 0 Å². The lowest BCUT2D eigenvalue weighted by atomic mass is 10.2. The van der Waals surface area contributed by atoms with E-state index in [1.807, 2.05) is 32.2 Å². The molecule has 20 heavy (non-hydrogen) atoms. The Balaban J connectivity index is 2.32. The van der Waals surface area contributed by atoms with E-state index in [1.54, 1.807) is 7.11 Å². The van der Waals surface area contributed by atoms with Gasteiger partial charge in [-0.25, -0.2) is 9.97 Å². The molecule has 0 saturated carbocycles. The number of ether oxygens (including phenoxy) is 1. The number of hydrogen-bond acceptors (Lipinski definition) is 5. The van der Waals surface area contributed by atoms with Gasteiger partial charge in [0.05, 0.1) is 5.69 Å². The van der Waals surface area contributed by atoms with E-state index >= 15 is 0 Å². The summed E-state index contributed by atoms with van der Waals surface area (Å²) in [5, 5.41) is 6.31. The molecule has 0 unspecified atom stereocenters. The van der Waals surface area contributed by atoms with E-state index in [1.165, 1.54) is 5.56 Å². The van der Waals surface area contributed by atoms with Gasteiger partial charge in [-0.15, -0.1) is 0 Å². The van der Waals surface area contributed by atoms with Crippen LogP contribution < -0.4 is 10.6 Å². The number of nitrogens with one attached hydrogen (secondary N) is 2. The van der Waals surface area contributed by atoms with Gasteiger partial charge in [0.15, 0.2) is 5.82 Å². The Labute approximate surface area is 126 Å². The van der Waals surface area contributed by atoms with Crippen LogP contribution in [0.2, 0.25) is 0 Å². The van der Waals surface area contributed by atoms with Crippen LogP contribution in [0.4, 0.5) is 17.3 Å². The largest absolute Gasteiger partial charge is 0.377 e. The molecule has 0 aliphatic carbocycles. The first kappa shape index (κ1) is 14.7. The van der Waals surface area contributed by atoms with Crippen molar-refractivity contribution in [3.8, 4) is 0 Å². The summed E-state index contributed by atoms with van der Waals surface area (Å²) in [6.45, 7) is 2.42. The van der Waals surface area contributed by atoms with Crippen LogP contribution in [0.25, 0.3) is 0 Å². The van der Waals surface area contributed by atoms with Gasteiger partial charge in [-0.1, -0.05) is 6.07 Å². The molecule has 1 aromatic carbocycles. The van der Waals surface area contributed by atoms with E-state index in [-0.39, 0.29) is 0 Å². The number of aromatic nitrogens is 2. The Hall–Kier alpha value is -1.66. The molecule has 0 radical (unpaired) electrons. The van der Waals surface area contributed by atoms with E-state index in [2.05, 4.69) is 42.6 Å². The van der Waals surface area contributed by atoms with E-state index in [0.717, 1.165) is 21.8 Å². The summed E-state index contributed by atoms with van der Waals surface area (Å²) in [6.07, 6.45) is 0. The maximum Gasteiger partial charge on any atom is 0.158 e. The van der Waals surface area contributed by atoms with Gasteiger partial charge in [0.2, 0.25) is 0 Å². The molecule has 0 amide bonds. The second-order valence-corrected chi connectivity index (χ2v) is 5.20. The SMILES string of the molecule is CNc1cc(Nc2cc(C)ccc2Br)nc(COC)n1. The fourth-order valence-electron chi connectivity index (χ4n) is 1.76. The molecular formula is C14H17BrN4O. The minimum Gasteiger partial charge on any atom is -0.377 e. The highest BCUT2D eigenvalue weighted by molar-refractivity contribution is 9.10. The zero-order valence-electron chi connectivity index (χ0n) is 11.7. The lowest BCUT2D eigenvalue weighted by Gasteiger charge is -2.11. The van der Waals surface area contributed by atoms with Crippen molar-refractivity contribution >= 4 is 33.3 Å². The van der Waals surface area contributed by atoms with Crippen LogP contribution in [0, 0.1) is 6.92 Å². The average Bonchev–Trinajstić information content (AvgIpc) is 2.43. The molecule has 0 atom stereocenters. The molecule has 106 valence electrons. The summed E-state index contributed by atoms with van der Waals surface area (Å²) in [5.41, 5.74) is 2.14. The minimum absolute atomic E-state index is 0.374. The molecule has 2 rings (SSSR count). The number of anilines is 3. The predicted molar refractivity (Wildman–Crippen MR) is 84.5 cm³/mol. The Morgan fingerprint density at radius 1 is 1.20 bits per heavy atom. The molecule has 0 saturated heterocycles. The van der Waals surface area contributed by atoms with Crippen LogP contribution in [-0.2, 0) is 11.3 Å². The second-order valence-electron chi connectivity index (χ2n) is 4.35. The number of halogens is 1. The van der Waals surface area contributed by atoms with Crippen molar-refractivity contribution in [2.75, 3.05) is 24.8 Å². The van der Waals surface area contributed by atoms with E-state index in [4.69, 9.17) is 4.74 Å². The zero-order chi connectivity index (χ0) is 14.5. The monoisotopic (exact) mass is 336 g/mol. The number of benzene rings is 1. The Kier molecular flexibility index (Phi) is 4.92. The van der Waals surface area contributed by atoms with Gasteiger partial charge < -0.3 is 15.4 Å².